The number of nitrogens with one attached hydrogen (secondary N) is 1. The summed E-state index contributed by atoms with van der Waals surface area (Å²) in [4.78, 5) is 27.1. The Morgan fingerprint density at radius 1 is 0.949 bits per heavy atom. The van der Waals surface area contributed by atoms with Gasteiger partial charge in [-0.2, -0.15) is 0 Å². The van der Waals surface area contributed by atoms with Gasteiger partial charge in [0.2, 0.25) is 0 Å². The van der Waals surface area contributed by atoms with E-state index in [0.717, 1.165) is 67.1 Å². The topological polar surface area (TPSA) is 97.3 Å². The molecule has 1 aliphatic carbocycles. The second-order valence-electron chi connectivity index (χ2n) is 9.83. The van der Waals surface area contributed by atoms with Gasteiger partial charge >= 0.3 is 12.1 Å². The van der Waals surface area contributed by atoms with Crippen molar-refractivity contribution in [2.75, 3.05) is 46.1 Å². The molecule has 3 aromatic rings. The maximum atomic E-state index is 12.7. The third-order valence-electron chi connectivity index (χ3n) is 7.31. The van der Waals surface area contributed by atoms with Crippen LogP contribution in [-0.2, 0) is 20.7 Å². The molecule has 8 nitrogen and oxygen atoms in total. The highest BCUT2D eigenvalue weighted by atomic mass is 16.5. The molecule has 0 aromatic heterocycles. The molecule has 1 aliphatic heterocycles. The summed E-state index contributed by atoms with van der Waals surface area (Å²) in [7, 11) is 0. The van der Waals surface area contributed by atoms with Gasteiger partial charge in [-0.1, -0.05) is 66.7 Å². The Morgan fingerprint density at radius 2 is 1.59 bits per heavy atom. The number of hydrogen-bond donors (Lipinski definition) is 2. The number of ether oxygens (including phenoxy) is 3. The van der Waals surface area contributed by atoms with E-state index in [1.807, 2.05) is 60.7 Å². The largest absolute Gasteiger partial charge is 0.493 e. The summed E-state index contributed by atoms with van der Waals surface area (Å²) in [6, 6.07) is 22.3. The molecule has 0 saturated carbocycles. The molecule has 1 heterocycles. The fourth-order valence-corrected chi connectivity index (χ4v) is 5.31. The van der Waals surface area contributed by atoms with Crippen LogP contribution in [0.4, 0.5) is 4.79 Å². The molecule has 0 spiro atoms. The van der Waals surface area contributed by atoms with Crippen LogP contribution in [-0.4, -0.2) is 74.2 Å². The number of hydrogen-bond acceptors (Lipinski definition) is 6. The van der Waals surface area contributed by atoms with Gasteiger partial charge in [-0.3, -0.25) is 4.90 Å². The molecule has 204 valence electrons. The number of carboxylic acid groups (broad SMARTS) is 1. The van der Waals surface area contributed by atoms with Crippen LogP contribution in [0.15, 0.2) is 72.8 Å². The number of nitrogens with zero attached hydrogens (tertiary/aromatic N) is 1. The Labute approximate surface area is 228 Å². The van der Waals surface area contributed by atoms with Crippen molar-refractivity contribution in [1.82, 2.24) is 10.2 Å². The molecule has 0 radical (unpaired) electrons. The third kappa shape index (κ3) is 6.58. The maximum Gasteiger partial charge on any atom is 0.407 e. The molecule has 1 saturated heterocycles. The zero-order valence-corrected chi connectivity index (χ0v) is 21.9. The summed E-state index contributed by atoms with van der Waals surface area (Å²) >= 11 is 0. The molecule has 5 rings (SSSR count). The fraction of sp³-hybridized carbons (Fsp3) is 0.355. The molecular formula is C31H34N2O6. The van der Waals surface area contributed by atoms with E-state index in [4.69, 9.17) is 14.2 Å². The lowest BCUT2D eigenvalue weighted by Crippen LogP contribution is -2.43. The number of aliphatic carboxylic acids is 1. The Morgan fingerprint density at radius 3 is 2.28 bits per heavy atom. The van der Waals surface area contributed by atoms with Crippen molar-refractivity contribution in [3.05, 3.63) is 89.5 Å². The summed E-state index contributed by atoms with van der Waals surface area (Å²) < 4.78 is 17.0. The van der Waals surface area contributed by atoms with E-state index in [1.54, 1.807) is 0 Å². The average Bonchev–Trinajstić information content (AvgIpc) is 3.28. The number of fused-ring (bicyclic) bond motifs is 3. The summed E-state index contributed by atoms with van der Waals surface area (Å²) in [5.74, 6) is -0.608. The molecule has 1 unspecified atom stereocenters. The van der Waals surface area contributed by atoms with E-state index in [0.29, 0.717) is 12.4 Å². The Bertz CT molecular complexity index is 1240. The number of amides is 1. The normalized spacial score (nSPS) is 15.7. The first-order chi connectivity index (χ1) is 19.1. The first-order valence-corrected chi connectivity index (χ1v) is 13.5. The molecule has 2 N–H and O–H groups in total. The highest BCUT2D eigenvalue weighted by molar-refractivity contribution is 5.81. The van der Waals surface area contributed by atoms with Gasteiger partial charge in [0.25, 0.3) is 0 Å². The summed E-state index contributed by atoms with van der Waals surface area (Å²) in [5.41, 5.74) is 5.18. The van der Waals surface area contributed by atoms with Crippen LogP contribution in [0.2, 0.25) is 0 Å². The minimum atomic E-state index is -1.15. The van der Waals surface area contributed by atoms with E-state index in [-0.39, 0.29) is 18.9 Å². The zero-order chi connectivity index (χ0) is 27.0. The smallest absolute Gasteiger partial charge is 0.407 e. The number of alkyl carbamates (subject to hydrolysis) is 1. The number of morpholine rings is 1. The van der Waals surface area contributed by atoms with Gasteiger partial charge < -0.3 is 24.6 Å². The van der Waals surface area contributed by atoms with Crippen molar-refractivity contribution in [3.8, 4) is 16.9 Å². The van der Waals surface area contributed by atoms with Gasteiger partial charge in [-0.05, 0) is 40.3 Å². The number of para-hydroxylation sites is 1. The number of carbonyl (C=O) groups is 2. The van der Waals surface area contributed by atoms with Crippen molar-refractivity contribution in [2.45, 2.75) is 24.8 Å². The second kappa shape index (κ2) is 12.8. The standard InChI is InChI=1S/C31H34N2O6/c34-30(35)28(20-22-8-1-6-13-29(22)38-17-7-14-33-15-18-37-19-16-33)32-31(36)39-21-27-25-11-4-2-9-23(25)24-10-3-5-12-26(24)27/h1-6,8-13,27-28H,7,14-21H2,(H,32,36)(H,34,35). The quantitative estimate of drug-likeness (QED) is 0.356. The maximum absolute atomic E-state index is 12.7. The van der Waals surface area contributed by atoms with Gasteiger partial charge in [-0.25, -0.2) is 9.59 Å². The number of carbonyl (C=O) groups excluding carboxylic acids is 1. The minimum absolute atomic E-state index is 0.0825. The van der Waals surface area contributed by atoms with Crippen LogP contribution < -0.4 is 10.1 Å². The summed E-state index contributed by atoms with van der Waals surface area (Å²) in [5, 5.41) is 12.4. The zero-order valence-electron chi connectivity index (χ0n) is 21.9. The van der Waals surface area contributed by atoms with E-state index in [1.165, 1.54) is 0 Å². The second-order valence-corrected chi connectivity index (χ2v) is 9.83. The first kappa shape index (κ1) is 26.7. The lowest BCUT2D eigenvalue weighted by molar-refractivity contribution is -0.139. The molecule has 0 bridgehead atoms. The van der Waals surface area contributed by atoms with Crippen LogP contribution in [0.1, 0.15) is 29.0 Å². The predicted octanol–water partition coefficient (Wildman–Crippen LogP) is 4.32. The lowest BCUT2D eigenvalue weighted by Gasteiger charge is -2.26. The van der Waals surface area contributed by atoms with Gasteiger partial charge in [-0.15, -0.1) is 0 Å². The fourth-order valence-electron chi connectivity index (χ4n) is 5.31. The van der Waals surface area contributed by atoms with Gasteiger partial charge in [0.05, 0.1) is 19.8 Å². The van der Waals surface area contributed by atoms with E-state index >= 15 is 0 Å². The van der Waals surface area contributed by atoms with Gasteiger partial charge in [0.15, 0.2) is 0 Å². The number of carboxylic acids is 1. The van der Waals surface area contributed by atoms with Crippen molar-refractivity contribution in [2.24, 2.45) is 0 Å². The Hall–Kier alpha value is -3.88. The number of benzene rings is 3. The lowest BCUT2D eigenvalue weighted by atomic mass is 9.98. The van der Waals surface area contributed by atoms with Crippen LogP contribution in [0, 0.1) is 0 Å². The van der Waals surface area contributed by atoms with Crippen molar-refractivity contribution in [3.63, 3.8) is 0 Å². The molecule has 39 heavy (non-hydrogen) atoms. The van der Waals surface area contributed by atoms with E-state index in [2.05, 4.69) is 22.3 Å². The molecule has 1 fully saturated rings. The van der Waals surface area contributed by atoms with Crippen molar-refractivity contribution < 1.29 is 28.9 Å². The van der Waals surface area contributed by atoms with E-state index in [9.17, 15) is 14.7 Å². The minimum Gasteiger partial charge on any atom is -0.493 e. The third-order valence-corrected chi connectivity index (χ3v) is 7.31. The molecule has 8 heteroatoms. The highest BCUT2D eigenvalue weighted by Crippen LogP contribution is 2.44. The summed E-state index contributed by atoms with van der Waals surface area (Å²) in [6.07, 6.45) is 0.182. The van der Waals surface area contributed by atoms with Crippen molar-refractivity contribution >= 4 is 12.1 Å². The SMILES string of the molecule is O=C(NC(Cc1ccccc1OCCCN1CCOCC1)C(=O)O)OCC1c2ccccc2-c2ccccc21. The monoisotopic (exact) mass is 530 g/mol. The van der Waals surface area contributed by atoms with E-state index < -0.39 is 18.1 Å². The Balaban J connectivity index is 1.16. The number of rotatable bonds is 11. The van der Waals surface area contributed by atoms with Gasteiger partial charge in [0.1, 0.15) is 18.4 Å². The summed E-state index contributed by atoms with van der Waals surface area (Å²) in [6.45, 7) is 4.94. The Kier molecular flexibility index (Phi) is 8.75. The molecule has 3 aromatic carbocycles. The highest BCUT2D eigenvalue weighted by Gasteiger charge is 2.30. The van der Waals surface area contributed by atoms with Crippen molar-refractivity contribution in [1.29, 1.82) is 0 Å². The molecule has 1 amide bonds. The van der Waals surface area contributed by atoms with Gasteiger partial charge in [0, 0.05) is 32.0 Å². The molecule has 1 atom stereocenters. The first-order valence-electron chi connectivity index (χ1n) is 13.5. The molecular weight excluding hydrogens is 496 g/mol. The average molecular weight is 531 g/mol. The van der Waals surface area contributed by atoms with Crippen LogP contribution in [0.25, 0.3) is 11.1 Å². The molecule has 2 aliphatic rings. The predicted molar refractivity (Wildman–Crippen MR) is 147 cm³/mol. The van der Waals surface area contributed by atoms with Crippen LogP contribution in [0.5, 0.6) is 5.75 Å². The van der Waals surface area contributed by atoms with Crippen LogP contribution >= 0.6 is 0 Å². The van der Waals surface area contributed by atoms with Crippen LogP contribution in [0.3, 0.4) is 0 Å².